The first-order valence-corrected chi connectivity index (χ1v) is 7.18. The zero-order chi connectivity index (χ0) is 14.2. The van der Waals surface area contributed by atoms with E-state index in [0.717, 1.165) is 50.6 Å². The van der Waals surface area contributed by atoms with Crippen LogP contribution in [0, 0.1) is 0 Å². The Labute approximate surface area is 121 Å². The summed E-state index contributed by atoms with van der Waals surface area (Å²) in [5.41, 5.74) is 1.12. The van der Waals surface area contributed by atoms with Gasteiger partial charge in [0.15, 0.2) is 0 Å². The molecule has 1 aliphatic heterocycles. The number of rotatable bonds is 6. The fourth-order valence-corrected chi connectivity index (χ4v) is 2.47. The maximum Gasteiger partial charge on any atom is 0.126 e. The first-order valence-electron chi connectivity index (χ1n) is 7.18. The summed E-state index contributed by atoms with van der Waals surface area (Å²) in [7, 11) is 1.70. The van der Waals surface area contributed by atoms with E-state index in [0.29, 0.717) is 0 Å². The van der Waals surface area contributed by atoms with Gasteiger partial charge in [0.05, 0.1) is 13.7 Å². The van der Waals surface area contributed by atoms with E-state index in [2.05, 4.69) is 28.0 Å². The van der Waals surface area contributed by atoms with Crippen LogP contribution >= 0.6 is 0 Å². The molecule has 1 fully saturated rings. The third-order valence-corrected chi connectivity index (χ3v) is 3.68. The molecular formula is C16H24N2O2. The van der Waals surface area contributed by atoms with Crippen LogP contribution in [0.4, 0.5) is 0 Å². The zero-order valence-electron chi connectivity index (χ0n) is 12.2. The Kier molecular flexibility index (Phi) is 6.05. The summed E-state index contributed by atoms with van der Waals surface area (Å²) in [6, 6.07) is 8.05. The van der Waals surface area contributed by atoms with Crippen molar-refractivity contribution in [3.8, 4) is 5.75 Å². The number of β-amino-alcohol motifs (C(OH)–C–C–N with tert-alkyl or cyclic N) is 1. The van der Waals surface area contributed by atoms with Crippen molar-refractivity contribution in [1.82, 2.24) is 9.80 Å². The minimum atomic E-state index is 0.258. The van der Waals surface area contributed by atoms with Crippen molar-refractivity contribution < 1.29 is 9.84 Å². The molecule has 0 bridgehead atoms. The molecule has 4 heteroatoms. The van der Waals surface area contributed by atoms with Gasteiger partial charge in [-0.3, -0.25) is 9.80 Å². The highest BCUT2D eigenvalue weighted by Gasteiger charge is 2.14. The minimum Gasteiger partial charge on any atom is -0.496 e. The van der Waals surface area contributed by atoms with Crippen molar-refractivity contribution in [2.75, 3.05) is 53.0 Å². The Morgan fingerprint density at radius 3 is 2.55 bits per heavy atom. The maximum atomic E-state index is 8.92. The van der Waals surface area contributed by atoms with E-state index in [-0.39, 0.29) is 6.61 Å². The average Bonchev–Trinajstić information content (AvgIpc) is 2.50. The summed E-state index contributed by atoms with van der Waals surface area (Å²) in [5.74, 6) is 0.913. The van der Waals surface area contributed by atoms with Crippen LogP contribution in [-0.4, -0.2) is 67.9 Å². The first-order chi connectivity index (χ1) is 9.83. The third-order valence-electron chi connectivity index (χ3n) is 3.68. The lowest BCUT2D eigenvalue weighted by Crippen LogP contribution is -2.47. The molecular weight excluding hydrogens is 252 g/mol. The Hall–Kier alpha value is -1.36. The molecule has 0 atom stereocenters. The molecule has 1 aromatic carbocycles. The number of nitrogens with zero attached hydrogens (tertiary/aromatic N) is 2. The summed E-state index contributed by atoms with van der Waals surface area (Å²) in [6.07, 6.45) is 4.32. The minimum absolute atomic E-state index is 0.258. The van der Waals surface area contributed by atoms with E-state index in [1.54, 1.807) is 7.11 Å². The molecule has 110 valence electrons. The SMILES string of the molecule is COc1ccccc1/C=C/CN1CCN(CCO)CC1. The molecule has 4 nitrogen and oxygen atoms in total. The highest BCUT2D eigenvalue weighted by Crippen LogP contribution is 2.18. The number of hydrogen-bond acceptors (Lipinski definition) is 4. The number of methoxy groups -OCH3 is 1. The maximum absolute atomic E-state index is 8.92. The molecule has 1 aliphatic rings. The van der Waals surface area contributed by atoms with Crippen LogP contribution < -0.4 is 4.74 Å². The van der Waals surface area contributed by atoms with Gasteiger partial charge in [-0.1, -0.05) is 30.4 Å². The van der Waals surface area contributed by atoms with Gasteiger partial charge in [0.1, 0.15) is 5.75 Å². The predicted molar refractivity (Wildman–Crippen MR) is 82.0 cm³/mol. The normalized spacial score (nSPS) is 17.7. The summed E-state index contributed by atoms with van der Waals surface area (Å²) >= 11 is 0. The summed E-state index contributed by atoms with van der Waals surface area (Å²) < 4.78 is 5.33. The fraction of sp³-hybridized carbons (Fsp3) is 0.500. The second-order valence-electron chi connectivity index (χ2n) is 5.01. The van der Waals surface area contributed by atoms with E-state index >= 15 is 0 Å². The van der Waals surface area contributed by atoms with Crippen molar-refractivity contribution in [1.29, 1.82) is 0 Å². The molecule has 2 rings (SSSR count). The quantitative estimate of drug-likeness (QED) is 0.850. The smallest absolute Gasteiger partial charge is 0.126 e. The molecule has 0 saturated carbocycles. The van der Waals surface area contributed by atoms with Gasteiger partial charge in [0.25, 0.3) is 0 Å². The van der Waals surface area contributed by atoms with Gasteiger partial charge in [-0.05, 0) is 6.07 Å². The number of ether oxygens (including phenoxy) is 1. The number of hydrogen-bond donors (Lipinski definition) is 1. The molecule has 0 spiro atoms. The number of aliphatic hydroxyl groups is 1. The zero-order valence-corrected chi connectivity index (χ0v) is 12.2. The van der Waals surface area contributed by atoms with Crippen molar-refractivity contribution in [2.24, 2.45) is 0 Å². The van der Waals surface area contributed by atoms with Gasteiger partial charge in [0.2, 0.25) is 0 Å². The van der Waals surface area contributed by atoms with Gasteiger partial charge in [-0.2, -0.15) is 0 Å². The summed E-state index contributed by atoms with van der Waals surface area (Å²) in [4.78, 5) is 4.74. The number of aliphatic hydroxyl groups excluding tert-OH is 1. The van der Waals surface area contributed by atoms with Gasteiger partial charge in [-0.15, -0.1) is 0 Å². The van der Waals surface area contributed by atoms with E-state index < -0.39 is 0 Å². The predicted octanol–water partition coefficient (Wildman–Crippen LogP) is 1.32. The Balaban J connectivity index is 1.79. The lowest BCUT2D eigenvalue weighted by Gasteiger charge is -2.33. The molecule has 1 N–H and O–H groups in total. The van der Waals surface area contributed by atoms with Gasteiger partial charge < -0.3 is 9.84 Å². The molecule has 0 amide bonds. The number of benzene rings is 1. The molecule has 20 heavy (non-hydrogen) atoms. The Morgan fingerprint density at radius 1 is 1.15 bits per heavy atom. The molecule has 1 saturated heterocycles. The van der Waals surface area contributed by atoms with Crippen molar-refractivity contribution in [2.45, 2.75) is 0 Å². The molecule has 0 unspecified atom stereocenters. The summed E-state index contributed by atoms with van der Waals surface area (Å²) in [5, 5.41) is 8.92. The fourth-order valence-electron chi connectivity index (χ4n) is 2.47. The molecule has 0 aliphatic carbocycles. The van der Waals surface area contributed by atoms with Crippen LogP contribution in [0.3, 0.4) is 0 Å². The van der Waals surface area contributed by atoms with Gasteiger partial charge in [0, 0.05) is 44.8 Å². The largest absolute Gasteiger partial charge is 0.496 e. The van der Waals surface area contributed by atoms with E-state index in [4.69, 9.17) is 9.84 Å². The highest BCUT2D eigenvalue weighted by molar-refractivity contribution is 5.57. The van der Waals surface area contributed by atoms with Crippen LogP contribution in [0.25, 0.3) is 6.08 Å². The van der Waals surface area contributed by atoms with Crippen LogP contribution in [0.2, 0.25) is 0 Å². The van der Waals surface area contributed by atoms with Crippen molar-refractivity contribution in [3.05, 3.63) is 35.9 Å². The lowest BCUT2D eigenvalue weighted by atomic mass is 10.2. The van der Waals surface area contributed by atoms with Crippen molar-refractivity contribution >= 4 is 6.08 Å². The average molecular weight is 276 g/mol. The Morgan fingerprint density at radius 2 is 1.85 bits per heavy atom. The third kappa shape index (κ3) is 4.34. The van der Waals surface area contributed by atoms with E-state index in [1.165, 1.54) is 0 Å². The lowest BCUT2D eigenvalue weighted by molar-refractivity contribution is 0.120. The van der Waals surface area contributed by atoms with Crippen LogP contribution in [-0.2, 0) is 0 Å². The second-order valence-corrected chi connectivity index (χ2v) is 5.01. The molecule has 0 radical (unpaired) electrons. The van der Waals surface area contributed by atoms with Gasteiger partial charge >= 0.3 is 0 Å². The standard InChI is InChI=1S/C16H24N2O2/c1-20-16-7-3-2-5-15(16)6-4-8-17-9-11-18(12-10-17)13-14-19/h2-7,19H,8-14H2,1H3/b6-4+. The van der Waals surface area contributed by atoms with Crippen molar-refractivity contribution in [3.63, 3.8) is 0 Å². The number of piperazine rings is 1. The van der Waals surface area contributed by atoms with Crippen LogP contribution in [0.15, 0.2) is 30.3 Å². The van der Waals surface area contributed by atoms with Gasteiger partial charge in [-0.25, -0.2) is 0 Å². The topological polar surface area (TPSA) is 35.9 Å². The van der Waals surface area contributed by atoms with Crippen LogP contribution in [0.5, 0.6) is 5.75 Å². The van der Waals surface area contributed by atoms with E-state index in [9.17, 15) is 0 Å². The number of para-hydroxylation sites is 1. The monoisotopic (exact) mass is 276 g/mol. The van der Waals surface area contributed by atoms with Crippen LogP contribution in [0.1, 0.15) is 5.56 Å². The highest BCUT2D eigenvalue weighted by atomic mass is 16.5. The molecule has 1 aromatic rings. The summed E-state index contributed by atoms with van der Waals surface area (Å²) in [6.45, 7) is 6.24. The molecule has 1 heterocycles. The first kappa shape index (κ1) is 15.0. The second kappa shape index (κ2) is 8.04. The van der Waals surface area contributed by atoms with E-state index in [1.807, 2.05) is 18.2 Å². The Bertz CT molecular complexity index is 426. The molecule has 0 aromatic heterocycles.